The number of aliphatic hydroxyl groups is 13. The fraction of sp³-hybridized carbons (Fsp3) is 0.961. The first-order valence-corrected chi connectivity index (χ1v) is 26.8. The van der Waals surface area contributed by atoms with Crippen LogP contribution in [0.2, 0.25) is 0 Å². The summed E-state index contributed by atoms with van der Waals surface area (Å²) in [5.41, 5.74) is 1.07. The molecule has 0 spiro atoms. The van der Waals surface area contributed by atoms with Crippen molar-refractivity contribution in [3.63, 3.8) is 0 Å². The molecule has 3 saturated carbocycles. The monoisotopic (exact) mass is 1050 g/mol. The minimum Gasteiger partial charge on any atom is -0.394 e. The molecule has 0 aromatic rings. The molecule has 9 rings (SSSR count). The van der Waals surface area contributed by atoms with E-state index < -0.39 is 148 Å². The van der Waals surface area contributed by atoms with Crippen molar-refractivity contribution in [2.75, 3.05) is 19.8 Å². The van der Waals surface area contributed by atoms with Gasteiger partial charge in [-0.3, -0.25) is 0 Å². The fourth-order valence-electron chi connectivity index (χ4n) is 14.9. The third-order valence-electron chi connectivity index (χ3n) is 19.5. The molecule has 5 heterocycles. The number of aliphatic hydroxyl groups excluding tert-OH is 12. The summed E-state index contributed by atoms with van der Waals surface area (Å²) in [5, 5.41) is 139. The second-order valence-electron chi connectivity index (χ2n) is 23.8. The molecule has 0 unspecified atom stereocenters. The second kappa shape index (κ2) is 21.8. The first kappa shape index (κ1) is 56.6. The Morgan fingerprint density at radius 3 is 1.86 bits per heavy atom. The lowest BCUT2D eigenvalue weighted by atomic mass is 9.47. The average Bonchev–Trinajstić information content (AvgIpc) is 3.80. The lowest BCUT2D eigenvalue weighted by molar-refractivity contribution is -0.388. The molecule has 0 radical (unpaired) electrons. The van der Waals surface area contributed by atoms with Gasteiger partial charge in [-0.2, -0.15) is 0 Å². The fourth-order valence-corrected chi connectivity index (χ4v) is 14.9. The van der Waals surface area contributed by atoms with Crippen LogP contribution in [0.25, 0.3) is 0 Å². The molecule has 13 N–H and O–H groups in total. The minimum atomic E-state index is -1.75. The highest BCUT2D eigenvalue weighted by atomic mass is 16.8. The number of allylic oxidation sites excluding steroid dienone is 1. The Balaban J connectivity index is 0.846. The van der Waals surface area contributed by atoms with E-state index in [1.807, 2.05) is 6.92 Å². The van der Waals surface area contributed by atoms with Crippen LogP contribution in [0.15, 0.2) is 11.6 Å². The van der Waals surface area contributed by atoms with E-state index in [-0.39, 0.29) is 41.3 Å². The zero-order chi connectivity index (χ0) is 52.8. The van der Waals surface area contributed by atoms with Gasteiger partial charge >= 0.3 is 0 Å². The van der Waals surface area contributed by atoms with Crippen LogP contribution in [0, 0.1) is 46.3 Å². The van der Waals surface area contributed by atoms with Crippen LogP contribution in [0.5, 0.6) is 0 Å². The summed E-state index contributed by atoms with van der Waals surface area (Å²) in [6.07, 6.45) is -20.5. The number of hydrogen-bond donors (Lipinski definition) is 13. The van der Waals surface area contributed by atoms with Crippen LogP contribution in [-0.4, -0.2) is 227 Å². The van der Waals surface area contributed by atoms with Gasteiger partial charge in [-0.1, -0.05) is 39.3 Å². The van der Waals surface area contributed by atoms with Crippen molar-refractivity contribution in [1.82, 2.24) is 0 Å². The lowest BCUT2D eigenvalue weighted by Gasteiger charge is -2.58. The van der Waals surface area contributed by atoms with Crippen LogP contribution >= 0.6 is 0 Å². The number of hydrogen-bond acceptors (Lipinski definition) is 22. The maximum atomic E-state index is 12.1. The molecule has 9 aliphatic rings. The van der Waals surface area contributed by atoms with E-state index in [0.29, 0.717) is 43.4 Å². The minimum absolute atomic E-state index is 0.0589. The van der Waals surface area contributed by atoms with Crippen LogP contribution < -0.4 is 0 Å². The average molecular weight is 1050 g/mol. The highest BCUT2D eigenvalue weighted by molar-refractivity contribution is 5.26. The number of fused-ring (bicyclic) bond motifs is 7. The molecule has 0 amide bonds. The van der Waals surface area contributed by atoms with E-state index in [0.717, 1.165) is 32.1 Å². The Kier molecular flexibility index (Phi) is 16.9. The van der Waals surface area contributed by atoms with Gasteiger partial charge in [0.25, 0.3) is 0 Å². The van der Waals surface area contributed by atoms with Crippen LogP contribution in [-0.2, 0) is 42.6 Å². The Morgan fingerprint density at radius 2 is 1.23 bits per heavy atom. The molecular formula is C51H84O22. The van der Waals surface area contributed by atoms with Crippen molar-refractivity contribution in [2.45, 2.75) is 240 Å². The molecule has 73 heavy (non-hydrogen) atoms. The Labute approximate surface area is 426 Å². The van der Waals surface area contributed by atoms with Gasteiger partial charge in [0.15, 0.2) is 30.9 Å². The normalized spacial score (nSPS) is 55.5. The van der Waals surface area contributed by atoms with Gasteiger partial charge < -0.3 is 109 Å². The molecule has 0 aromatic carbocycles. The van der Waals surface area contributed by atoms with Crippen LogP contribution in [0.1, 0.15) is 99.3 Å². The second-order valence-corrected chi connectivity index (χ2v) is 23.8. The molecule has 420 valence electrons. The van der Waals surface area contributed by atoms with E-state index in [1.165, 1.54) is 19.4 Å². The largest absolute Gasteiger partial charge is 0.394 e. The summed E-state index contributed by atoms with van der Waals surface area (Å²) in [5.74, 6) is -0.232. The zero-order valence-electron chi connectivity index (χ0n) is 42.7. The highest BCUT2D eigenvalue weighted by Gasteiger charge is 2.68. The van der Waals surface area contributed by atoms with Gasteiger partial charge in [0.1, 0.15) is 85.5 Å². The van der Waals surface area contributed by atoms with Crippen molar-refractivity contribution in [2.24, 2.45) is 46.3 Å². The Morgan fingerprint density at radius 1 is 0.644 bits per heavy atom. The van der Waals surface area contributed by atoms with Gasteiger partial charge in [-0.15, -0.1) is 0 Å². The molecule has 5 aliphatic heterocycles. The van der Waals surface area contributed by atoms with E-state index in [4.69, 9.17) is 42.6 Å². The quantitative estimate of drug-likeness (QED) is 0.0839. The van der Waals surface area contributed by atoms with Gasteiger partial charge in [0, 0.05) is 12.3 Å². The molecule has 5 saturated heterocycles. The topological polar surface area (TPSA) is 346 Å². The summed E-state index contributed by atoms with van der Waals surface area (Å²) in [4.78, 5) is 0. The summed E-state index contributed by atoms with van der Waals surface area (Å²) in [6, 6.07) is 0. The van der Waals surface area contributed by atoms with Gasteiger partial charge in [-0.25, -0.2) is 0 Å². The maximum absolute atomic E-state index is 12.1. The third kappa shape index (κ3) is 10.2. The Hall–Kier alpha value is -1.14. The molecule has 0 bridgehead atoms. The van der Waals surface area contributed by atoms with Gasteiger partial charge in [0.05, 0.1) is 44.2 Å². The Bertz CT molecular complexity index is 1900. The molecule has 31 atom stereocenters. The predicted octanol–water partition coefficient (Wildman–Crippen LogP) is -1.98. The summed E-state index contributed by atoms with van der Waals surface area (Å²) in [7, 11) is 0. The first-order valence-electron chi connectivity index (χ1n) is 26.8. The first-order chi connectivity index (χ1) is 34.5. The van der Waals surface area contributed by atoms with Crippen LogP contribution in [0.4, 0.5) is 0 Å². The molecule has 22 nitrogen and oxygen atoms in total. The summed E-state index contributed by atoms with van der Waals surface area (Å²) >= 11 is 0. The molecular weight excluding hydrogens is 965 g/mol. The third-order valence-corrected chi connectivity index (χ3v) is 19.5. The van der Waals surface area contributed by atoms with E-state index >= 15 is 0 Å². The lowest BCUT2D eigenvalue weighted by Crippen LogP contribution is -2.66. The van der Waals surface area contributed by atoms with Crippen molar-refractivity contribution in [1.29, 1.82) is 0 Å². The highest BCUT2D eigenvalue weighted by Crippen LogP contribution is 2.70. The standard InChI is InChI=1S/C51H84O22/c1-20(19-65-45-39(60)38(59)35(56)30(17-52)69-45)9-14-51(64)21(2)32-29(73-51)16-28-26-8-7-24-15-25(10-12-49(24,5)27(26)11-13-50(28,32)6)68-48-44(72-47-41(62)37(58)34(55)23(4)67-47)42(63)43(31(18-53)70-48)71-46-40(61)36(57)33(54)22(3)66-46/h7,20-23,25-48,52-64H,8-19H2,1-6H3/t20-,21+,22+,23+,25-,26-,27+,28+,29+,30+,31+,32+,33+,34+,35+,36-,37-,38-,39+,40+,41+,42-,43+,44+,45+,46-,47-,48+,49-,50-,51+/m1/s1. The molecule has 22 heteroatoms. The summed E-state index contributed by atoms with van der Waals surface area (Å²) in [6.45, 7) is 10.7. The predicted molar refractivity (Wildman–Crippen MR) is 249 cm³/mol. The summed E-state index contributed by atoms with van der Waals surface area (Å²) < 4.78 is 54.6. The van der Waals surface area contributed by atoms with Crippen molar-refractivity contribution >= 4 is 0 Å². The SMILES string of the molecule is C[C@H](CC[C@]1(O)O[C@H]2C[C@H]3[C@@H]4CC=C5C[C@H](O[C@H]6O[C@@H](CO)[C@H](O[C@H]7O[C@@H](C)[C@H](O)[C@@H](O)[C@@H]7O)[C@@H](O)[C@@H]6O[C@H]6O[C@@H](C)[C@H](O)[C@@H](O)[C@@H]6O)CC[C@@]5(C)[C@H]4CC[C@@]3(C)[C@H]2[C@@H]1C)CO[C@H]1O[C@@H](CO)[C@H](O)[C@@H](O)[C@@H]1O. The van der Waals surface area contributed by atoms with Crippen molar-refractivity contribution in [3.8, 4) is 0 Å². The van der Waals surface area contributed by atoms with E-state index in [9.17, 15) is 66.4 Å². The molecule has 4 aliphatic carbocycles. The maximum Gasteiger partial charge on any atom is 0.187 e. The smallest absolute Gasteiger partial charge is 0.187 e. The number of ether oxygens (including phenoxy) is 9. The van der Waals surface area contributed by atoms with Crippen LogP contribution in [0.3, 0.4) is 0 Å². The van der Waals surface area contributed by atoms with Crippen molar-refractivity contribution in [3.05, 3.63) is 11.6 Å². The molecule has 0 aromatic heterocycles. The van der Waals surface area contributed by atoms with Gasteiger partial charge in [0.2, 0.25) is 0 Å². The van der Waals surface area contributed by atoms with Gasteiger partial charge in [-0.05, 0) is 106 Å². The van der Waals surface area contributed by atoms with Crippen molar-refractivity contribution < 1.29 is 109 Å². The number of rotatable bonds is 14. The molecule has 8 fully saturated rings. The zero-order valence-corrected chi connectivity index (χ0v) is 42.7. The van der Waals surface area contributed by atoms with E-state index in [2.05, 4.69) is 26.8 Å². The van der Waals surface area contributed by atoms with E-state index in [1.54, 1.807) is 0 Å².